The first-order valence-corrected chi connectivity index (χ1v) is 6.60. The van der Waals surface area contributed by atoms with Gasteiger partial charge in [0.05, 0.1) is 6.10 Å². The van der Waals surface area contributed by atoms with Gasteiger partial charge in [0.25, 0.3) is 0 Å². The summed E-state index contributed by atoms with van der Waals surface area (Å²) >= 11 is 0. The van der Waals surface area contributed by atoms with Gasteiger partial charge in [-0.3, -0.25) is 0 Å². The van der Waals surface area contributed by atoms with Gasteiger partial charge in [-0.1, -0.05) is 12.8 Å². The van der Waals surface area contributed by atoms with Crippen LogP contribution in [0.4, 0.5) is 0 Å². The Morgan fingerprint density at radius 3 is 2.38 bits per heavy atom. The molecule has 0 aromatic carbocycles. The van der Waals surface area contributed by atoms with E-state index in [0.29, 0.717) is 17.7 Å². The Hall–Kier alpha value is -0.120. The van der Waals surface area contributed by atoms with Gasteiger partial charge in [-0.25, -0.2) is 0 Å². The third kappa shape index (κ3) is 2.41. The average molecular weight is 226 g/mol. The molecule has 16 heavy (non-hydrogen) atoms. The second-order valence-corrected chi connectivity index (χ2v) is 5.73. The van der Waals surface area contributed by atoms with Crippen LogP contribution in [0.5, 0.6) is 0 Å². The Bertz CT molecular complexity index is 218. The van der Waals surface area contributed by atoms with Crippen LogP contribution in [-0.2, 0) is 4.74 Å². The monoisotopic (exact) mass is 226 g/mol. The quantitative estimate of drug-likeness (QED) is 0.771. The Labute approximate surface area is 99.5 Å². The van der Waals surface area contributed by atoms with Crippen LogP contribution >= 0.6 is 0 Å². The number of nitrogens with zero attached hydrogens (tertiary/aromatic N) is 1. The highest BCUT2D eigenvalue weighted by atomic mass is 16.5. The van der Waals surface area contributed by atoms with Gasteiger partial charge < -0.3 is 15.0 Å². The Morgan fingerprint density at radius 1 is 1.25 bits per heavy atom. The van der Waals surface area contributed by atoms with Crippen molar-refractivity contribution in [3.05, 3.63) is 0 Å². The van der Waals surface area contributed by atoms with E-state index in [-0.39, 0.29) is 0 Å². The SMILES string of the molecule is COC1CC(NCC2(N(C)C)CCCC2)C1. The van der Waals surface area contributed by atoms with Gasteiger partial charge in [-0.2, -0.15) is 0 Å². The van der Waals surface area contributed by atoms with Crippen LogP contribution in [0.2, 0.25) is 0 Å². The molecular formula is C13H26N2O. The largest absolute Gasteiger partial charge is 0.381 e. The normalized spacial score (nSPS) is 33.0. The predicted molar refractivity (Wildman–Crippen MR) is 66.7 cm³/mol. The van der Waals surface area contributed by atoms with Crippen LogP contribution in [0, 0.1) is 0 Å². The van der Waals surface area contributed by atoms with E-state index in [4.69, 9.17) is 4.74 Å². The van der Waals surface area contributed by atoms with E-state index in [1.807, 2.05) is 7.11 Å². The number of ether oxygens (including phenoxy) is 1. The second kappa shape index (κ2) is 5.03. The molecule has 2 aliphatic rings. The van der Waals surface area contributed by atoms with Crippen molar-refractivity contribution < 1.29 is 4.74 Å². The highest BCUT2D eigenvalue weighted by Gasteiger charge is 2.37. The first-order chi connectivity index (χ1) is 7.66. The molecule has 0 saturated heterocycles. The summed E-state index contributed by atoms with van der Waals surface area (Å²) in [5, 5.41) is 3.73. The van der Waals surface area contributed by atoms with Gasteiger partial charge >= 0.3 is 0 Å². The van der Waals surface area contributed by atoms with Crippen LogP contribution in [0.15, 0.2) is 0 Å². The predicted octanol–water partition coefficient (Wildman–Crippen LogP) is 1.63. The standard InChI is InChI=1S/C13H26N2O/c1-15(2)13(6-4-5-7-13)10-14-11-8-12(9-11)16-3/h11-12,14H,4-10H2,1-3H3. The molecule has 3 heteroatoms. The highest BCUT2D eigenvalue weighted by Crippen LogP contribution is 2.34. The van der Waals surface area contributed by atoms with Crippen molar-refractivity contribution in [3.8, 4) is 0 Å². The minimum Gasteiger partial charge on any atom is -0.381 e. The first kappa shape index (κ1) is 12.3. The molecule has 0 aromatic heterocycles. The summed E-state index contributed by atoms with van der Waals surface area (Å²) in [5.74, 6) is 0. The fraction of sp³-hybridized carbons (Fsp3) is 1.00. The van der Waals surface area contributed by atoms with Crippen LogP contribution in [0.1, 0.15) is 38.5 Å². The first-order valence-electron chi connectivity index (χ1n) is 6.60. The maximum atomic E-state index is 5.31. The van der Waals surface area contributed by atoms with Gasteiger partial charge in [-0.05, 0) is 39.8 Å². The molecule has 0 amide bonds. The zero-order valence-corrected chi connectivity index (χ0v) is 11.0. The van der Waals surface area contributed by atoms with E-state index < -0.39 is 0 Å². The molecule has 94 valence electrons. The molecule has 0 heterocycles. The molecule has 0 spiro atoms. The minimum atomic E-state index is 0.429. The smallest absolute Gasteiger partial charge is 0.0601 e. The van der Waals surface area contributed by atoms with Crippen molar-refractivity contribution in [1.82, 2.24) is 10.2 Å². The van der Waals surface area contributed by atoms with Crippen molar-refractivity contribution in [3.63, 3.8) is 0 Å². The molecule has 0 unspecified atom stereocenters. The Morgan fingerprint density at radius 2 is 1.88 bits per heavy atom. The van der Waals surface area contributed by atoms with Gasteiger partial charge in [0, 0.05) is 25.2 Å². The van der Waals surface area contributed by atoms with Gasteiger partial charge in [0.2, 0.25) is 0 Å². The number of rotatable bonds is 5. The van der Waals surface area contributed by atoms with Gasteiger partial charge in [-0.15, -0.1) is 0 Å². The van der Waals surface area contributed by atoms with Crippen LogP contribution < -0.4 is 5.32 Å². The zero-order valence-electron chi connectivity index (χ0n) is 11.0. The van der Waals surface area contributed by atoms with E-state index >= 15 is 0 Å². The fourth-order valence-electron chi connectivity index (χ4n) is 3.07. The molecule has 0 aliphatic heterocycles. The lowest BCUT2D eigenvalue weighted by Crippen LogP contribution is -2.55. The molecule has 2 saturated carbocycles. The Kier molecular flexibility index (Phi) is 3.88. The van der Waals surface area contributed by atoms with Gasteiger partial charge in [0.1, 0.15) is 0 Å². The van der Waals surface area contributed by atoms with Gasteiger partial charge in [0.15, 0.2) is 0 Å². The van der Waals surface area contributed by atoms with E-state index in [9.17, 15) is 0 Å². The summed E-state index contributed by atoms with van der Waals surface area (Å²) in [5.41, 5.74) is 0.429. The van der Waals surface area contributed by atoms with E-state index in [0.717, 1.165) is 6.54 Å². The van der Waals surface area contributed by atoms with Crippen LogP contribution in [0.25, 0.3) is 0 Å². The third-order valence-corrected chi connectivity index (χ3v) is 4.63. The molecule has 2 aliphatic carbocycles. The lowest BCUT2D eigenvalue weighted by Gasteiger charge is -2.41. The summed E-state index contributed by atoms with van der Waals surface area (Å²) in [6.45, 7) is 1.15. The van der Waals surface area contributed by atoms with Crippen LogP contribution in [0.3, 0.4) is 0 Å². The maximum Gasteiger partial charge on any atom is 0.0601 e. The molecule has 0 atom stereocenters. The molecule has 2 rings (SSSR count). The molecule has 0 aromatic rings. The molecule has 0 bridgehead atoms. The number of methoxy groups -OCH3 is 1. The van der Waals surface area contributed by atoms with Crippen molar-refractivity contribution in [2.75, 3.05) is 27.7 Å². The molecule has 2 fully saturated rings. The third-order valence-electron chi connectivity index (χ3n) is 4.63. The second-order valence-electron chi connectivity index (χ2n) is 5.73. The summed E-state index contributed by atoms with van der Waals surface area (Å²) in [6.07, 6.45) is 8.40. The average Bonchev–Trinajstić information content (AvgIpc) is 2.65. The van der Waals surface area contributed by atoms with Crippen molar-refractivity contribution in [2.45, 2.75) is 56.2 Å². The maximum absolute atomic E-state index is 5.31. The van der Waals surface area contributed by atoms with E-state index in [1.54, 1.807) is 0 Å². The number of hydrogen-bond acceptors (Lipinski definition) is 3. The summed E-state index contributed by atoms with van der Waals surface area (Å²) < 4.78 is 5.31. The topological polar surface area (TPSA) is 24.5 Å². The number of hydrogen-bond donors (Lipinski definition) is 1. The van der Waals surface area contributed by atoms with E-state index in [2.05, 4.69) is 24.3 Å². The molecule has 1 N–H and O–H groups in total. The lowest BCUT2D eigenvalue weighted by atomic mass is 9.87. The Balaban J connectivity index is 1.75. The highest BCUT2D eigenvalue weighted by molar-refractivity contribution is 4.97. The molecular weight excluding hydrogens is 200 g/mol. The summed E-state index contributed by atoms with van der Waals surface area (Å²) in [4.78, 5) is 2.43. The molecule has 3 nitrogen and oxygen atoms in total. The van der Waals surface area contributed by atoms with Crippen molar-refractivity contribution >= 4 is 0 Å². The number of nitrogens with one attached hydrogen (secondary N) is 1. The molecule has 0 radical (unpaired) electrons. The summed E-state index contributed by atoms with van der Waals surface area (Å²) in [6, 6.07) is 0.697. The van der Waals surface area contributed by atoms with E-state index in [1.165, 1.54) is 38.5 Å². The summed E-state index contributed by atoms with van der Waals surface area (Å²) in [7, 11) is 6.27. The van der Waals surface area contributed by atoms with Crippen LogP contribution in [-0.4, -0.2) is 50.3 Å². The zero-order chi connectivity index (χ0) is 11.6. The number of likely N-dealkylation sites (N-methyl/N-ethyl adjacent to an activating group) is 1. The minimum absolute atomic E-state index is 0.429. The van der Waals surface area contributed by atoms with Crippen molar-refractivity contribution in [2.24, 2.45) is 0 Å². The van der Waals surface area contributed by atoms with Crippen molar-refractivity contribution in [1.29, 1.82) is 0 Å². The fourth-order valence-corrected chi connectivity index (χ4v) is 3.07. The lowest BCUT2D eigenvalue weighted by molar-refractivity contribution is 0.0124.